The number of thiophene rings is 1. The Morgan fingerprint density at radius 2 is 2.25 bits per heavy atom. The Morgan fingerprint density at radius 3 is 2.90 bits per heavy atom. The molecule has 0 aliphatic carbocycles. The molecule has 0 aliphatic heterocycles. The smallest absolute Gasteiger partial charge is 0.232 e. The van der Waals surface area contributed by atoms with E-state index in [0.717, 1.165) is 5.56 Å². The zero-order chi connectivity index (χ0) is 14.5. The number of nitrogens with zero attached hydrogens (tertiary/aromatic N) is 1. The average molecular weight is 310 g/mol. The predicted molar refractivity (Wildman–Crippen MR) is 82.3 cm³/mol. The van der Waals surface area contributed by atoms with Gasteiger partial charge in [0, 0.05) is 18.5 Å². The monoisotopic (exact) mass is 310 g/mol. The molecule has 106 valence electrons. The minimum Gasteiger partial charge on any atom is -0.396 e. The Labute approximate surface area is 125 Å². The van der Waals surface area contributed by atoms with Crippen LogP contribution in [-0.2, 0) is 11.3 Å². The number of hydrogen-bond acceptors (Lipinski definition) is 4. The number of nitrogen functional groups attached to an aromatic ring is 1. The van der Waals surface area contributed by atoms with Gasteiger partial charge in [0.15, 0.2) is 0 Å². The number of benzene rings is 1. The van der Waals surface area contributed by atoms with Crippen molar-refractivity contribution in [3.05, 3.63) is 46.4 Å². The average Bonchev–Trinajstić information content (AvgIpc) is 2.92. The number of thioether (sulfide) groups is 1. The van der Waals surface area contributed by atoms with Gasteiger partial charge in [-0.1, -0.05) is 0 Å². The molecule has 1 aromatic heterocycles. The fraction of sp³-hybridized carbons (Fsp3) is 0.214. The summed E-state index contributed by atoms with van der Waals surface area (Å²) in [5.74, 6) is -0.156. The summed E-state index contributed by atoms with van der Waals surface area (Å²) < 4.78 is 13.3. The molecule has 3 nitrogen and oxygen atoms in total. The zero-order valence-corrected chi connectivity index (χ0v) is 12.6. The summed E-state index contributed by atoms with van der Waals surface area (Å²) in [4.78, 5) is 14.4. The molecule has 1 aromatic carbocycles. The van der Waals surface area contributed by atoms with E-state index in [1.165, 1.54) is 23.9 Å². The van der Waals surface area contributed by atoms with E-state index in [4.69, 9.17) is 5.73 Å². The van der Waals surface area contributed by atoms with Crippen molar-refractivity contribution in [3.63, 3.8) is 0 Å². The zero-order valence-electron chi connectivity index (χ0n) is 11.0. The summed E-state index contributed by atoms with van der Waals surface area (Å²) in [5.41, 5.74) is 6.65. The molecule has 0 bridgehead atoms. The largest absolute Gasteiger partial charge is 0.396 e. The number of rotatable bonds is 5. The standard InChI is InChI=1S/C14H15FN2OS2/c1-17(7-10-4-5-19-8-10)14(18)9-20-11-2-3-13(16)12(15)6-11/h2-6,8H,7,9,16H2,1H3. The first kappa shape index (κ1) is 14.9. The van der Waals surface area contributed by atoms with E-state index in [0.29, 0.717) is 11.4 Å². The van der Waals surface area contributed by atoms with Crippen LogP contribution in [-0.4, -0.2) is 23.6 Å². The molecule has 2 aromatic rings. The molecule has 20 heavy (non-hydrogen) atoms. The lowest BCUT2D eigenvalue weighted by molar-refractivity contribution is -0.127. The number of halogens is 1. The summed E-state index contributed by atoms with van der Waals surface area (Å²) in [6.45, 7) is 0.596. The van der Waals surface area contributed by atoms with Crippen LogP contribution in [0.15, 0.2) is 39.9 Å². The van der Waals surface area contributed by atoms with E-state index in [9.17, 15) is 9.18 Å². The fourth-order valence-corrected chi connectivity index (χ4v) is 3.12. The van der Waals surface area contributed by atoms with Gasteiger partial charge in [-0.2, -0.15) is 11.3 Å². The second-order valence-electron chi connectivity index (χ2n) is 4.35. The summed E-state index contributed by atoms with van der Waals surface area (Å²) in [6.07, 6.45) is 0. The molecule has 0 spiro atoms. The van der Waals surface area contributed by atoms with Crippen LogP contribution < -0.4 is 5.73 Å². The molecule has 0 unspecified atom stereocenters. The predicted octanol–water partition coefficient (Wildman–Crippen LogP) is 3.22. The minimum atomic E-state index is -0.450. The molecule has 0 saturated heterocycles. The van der Waals surface area contributed by atoms with Crippen molar-refractivity contribution in [1.29, 1.82) is 0 Å². The highest BCUT2D eigenvalue weighted by molar-refractivity contribution is 8.00. The molecule has 0 aliphatic rings. The van der Waals surface area contributed by atoms with E-state index < -0.39 is 5.82 Å². The first-order chi connectivity index (χ1) is 9.56. The van der Waals surface area contributed by atoms with E-state index in [1.54, 1.807) is 29.4 Å². The van der Waals surface area contributed by atoms with Gasteiger partial charge in [-0.3, -0.25) is 4.79 Å². The van der Waals surface area contributed by atoms with Crippen molar-refractivity contribution in [2.75, 3.05) is 18.5 Å². The van der Waals surface area contributed by atoms with Gasteiger partial charge in [0.05, 0.1) is 11.4 Å². The molecule has 0 radical (unpaired) electrons. The first-order valence-corrected chi connectivity index (χ1v) is 7.92. The maximum absolute atomic E-state index is 13.3. The second-order valence-corrected chi connectivity index (χ2v) is 6.18. The molecule has 1 amide bonds. The molecule has 0 fully saturated rings. The number of carbonyl (C=O) groups excluding carboxylic acids is 1. The maximum atomic E-state index is 13.3. The van der Waals surface area contributed by atoms with Crippen molar-refractivity contribution in [3.8, 4) is 0 Å². The third-order valence-electron chi connectivity index (χ3n) is 2.76. The third kappa shape index (κ3) is 3.98. The molecular formula is C14H15FN2OS2. The lowest BCUT2D eigenvalue weighted by Gasteiger charge is -2.16. The van der Waals surface area contributed by atoms with Gasteiger partial charge < -0.3 is 10.6 Å². The summed E-state index contributed by atoms with van der Waals surface area (Å²) in [5, 5.41) is 4.01. The van der Waals surface area contributed by atoms with E-state index in [2.05, 4.69) is 0 Å². The number of anilines is 1. The van der Waals surface area contributed by atoms with Crippen molar-refractivity contribution < 1.29 is 9.18 Å². The normalized spacial score (nSPS) is 10.5. The quantitative estimate of drug-likeness (QED) is 0.681. The summed E-state index contributed by atoms with van der Waals surface area (Å²) in [6, 6.07) is 6.58. The summed E-state index contributed by atoms with van der Waals surface area (Å²) >= 11 is 2.92. The molecule has 2 N–H and O–H groups in total. The van der Waals surface area contributed by atoms with Crippen LogP contribution in [0.4, 0.5) is 10.1 Å². The van der Waals surface area contributed by atoms with Gasteiger partial charge in [-0.15, -0.1) is 11.8 Å². The molecular weight excluding hydrogens is 295 g/mol. The van der Waals surface area contributed by atoms with Crippen LogP contribution in [0.3, 0.4) is 0 Å². The topological polar surface area (TPSA) is 46.3 Å². The Balaban J connectivity index is 1.86. The van der Waals surface area contributed by atoms with Crippen LogP contribution >= 0.6 is 23.1 Å². The highest BCUT2D eigenvalue weighted by atomic mass is 32.2. The van der Waals surface area contributed by atoms with Crippen molar-refractivity contribution >= 4 is 34.7 Å². The lowest BCUT2D eigenvalue weighted by Crippen LogP contribution is -2.27. The highest BCUT2D eigenvalue weighted by Crippen LogP contribution is 2.22. The molecule has 2 rings (SSSR count). The van der Waals surface area contributed by atoms with Gasteiger partial charge in [-0.05, 0) is 40.6 Å². The van der Waals surface area contributed by atoms with Crippen LogP contribution in [0.5, 0.6) is 0 Å². The SMILES string of the molecule is CN(Cc1ccsc1)C(=O)CSc1ccc(N)c(F)c1. The molecule has 1 heterocycles. The summed E-state index contributed by atoms with van der Waals surface area (Å²) in [7, 11) is 1.77. The minimum absolute atomic E-state index is 0.0124. The van der Waals surface area contributed by atoms with Crippen LogP contribution in [0.1, 0.15) is 5.56 Å². The highest BCUT2D eigenvalue weighted by Gasteiger charge is 2.10. The van der Waals surface area contributed by atoms with Crippen molar-refractivity contribution in [2.24, 2.45) is 0 Å². The van der Waals surface area contributed by atoms with Crippen molar-refractivity contribution in [1.82, 2.24) is 4.90 Å². The number of amides is 1. The van der Waals surface area contributed by atoms with E-state index in [-0.39, 0.29) is 17.3 Å². The first-order valence-electron chi connectivity index (χ1n) is 5.99. The third-order valence-corrected chi connectivity index (χ3v) is 4.47. The van der Waals surface area contributed by atoms with Crippen LogP contribution in [0, 0.1) is 5.82 Å². The Bertz CT molecular complexity index is 587. The molecule has 0 saturated carbocycles. The van der Waals surface area contributed by atoms with Crippen molar-refractivity contribution in [2.45, 2.75) is 11.4 Å². The Kier molecular flexibility index (Phi) is 5.03. The van der Waals surface area contributed by atoms with Gasteiger partial charge in [0.25, 0.3) is 0 Å². The molecule has 0 atom stereocenters. The lowest BCUT2D eigenvalue weighted by atomic mass is 10.3. The van der Waals surface area contributed by atoms with E-state index in [1.807, 2.05) is 16.8 Å². The Morgan fingerprint density at radius 1 is 1.45 bits per heavy atom. The van der Waals surface area contributed by atoms with Crippen LogP contribution in [0.25, 0.3) is 0 Å². The number of carbonyl (C=O) groups is 1. The second kappa shape index (κ2) is 6.76. The van der Waals surface area contributed by atoms with Gasteiger partial charge >= 0.3 is 0 Å². The van der Waals surface area contributed by atoms with Gasteiger partial charge in [0.1, 0.15) is 5.82 Å². The van der Waals surface area contributed by atoms with Crippen LogP contribution in [0.2, 0.25) is 0 Å². The van der Waals surface area contributed by atoms with Gasteiger partial charge in [-0.25, -0.2) is 4.39 Å². The maximum Gasteiger partial charge on any atom is 0.232 e. The Hall–Kier alpha value is -1.53. The fourth-order valence-electron chi connectivity index (χ4n) is 1.60. The number of hydrogen-bond donors (Lipinski definition) is 1. The van der Waals surface area contributed by atoms with E-state index >= 15 is 0 Å². The van der Waals surface area contributed by atoms with Gasteiger partial charge in [0.2, 0.25) is 5.91 Å². The number of nitrogens with two attached hydrogens (primary N) is 1. The molecule has 6 heteroatoms.